The normalized spacial score (nSPS) is 15.4. The number of fused-ring (bicyclic) bond motifs is 1. The van der Waals surface area contributed by atoms with Crippen LogP contribution in [0.5, 0.6) is 0 Å². The van der Waals surface area contributed by atoms with Crippen molar-refractivity contribution in [2.45, 2.75) is 32.0 Å². The zero-order chi connectivity index (χ0) is 14.5. The van der Waals surface area contributed by atoms with Crippen LogP contribution < -0.4 is 5.32 Å². The van der Waals surface area contributed by atoms with Crippen LogP contribution in [-0.2, 0) is 29.1 Å². The molecule has 1 aliphatic heterocycles. The Hall–Kier alpha value is -1.36. The van der Waals surface area contributed by atoms with Gasteiger partial charge in [-0.25, -0.2) is 0 Å². The SMILES string of the molecule is C=C(Cl)CC(NCc1ccc2c(c1)COCC2)C(=O)O. The number of hydrogen-bond donors (Lipinski definition) is 2. The average Bonchev–Trinajstić information content (AvgIpc) is 2.42. The molecule has 4 nitrogen and oxygen atoms in total. The van der Waals surface area contributed by atoms with Crippen molar-refractivity contribution in [1.82, 2.24) is 5.32 Å². The summed E-state index contributed by atoms with van der Waals surface area (Å²) in [6.07, 6.45) is 1.15. The Bertz CT molecular complexity index is 516. The largest absolute Gasteiger partial charge is 0.480 e. The molecule has 108 valence electrons. The van der Waals surface area contributed by atoms with E-state index < -0.39 is 12.0 Å². The van der Waals surface area contributed by atoms with Gasteiger partial charge in [-0.2, -0.15) is 0 Å². The van der Waals surface area contributed by atoms with Crippen molar-refractivity contribution in [2.75, 3.05) is 6.61 Å². The van der Waals surface area contributed by atoms with Crippen LogP contribution in [0.1, 0.15) is 23.1 Å². The number of carbonyl (C=O) groups is 1. The van der Waals surface area contributed by atoms with E-state index in [1.807, 2.05) is 6.07 Å². The second kappa shape index (κ2) is 6.88. The third-order valence-electron chi connectivity index (χ3n) is 3.32. The van der Waals surface area contributed by atoms with Gasteiger partial charge in [-0.05, 0) is 23.1 Å². The van der Waals surface area contributed by atoms with E-state index in [4.69, 9.17) is 21.4 Å². The first-order chi connectivity index (χ1) is 9.56. The second-order valence-electron chi connectivity index (χ2n) is 4.90. The zero-order valence-electron chi connectivity index (χ0n) is 11.2. The fraction of sp³-hybridized carbons (Fsp3) is 0.400. The summed E-state index contributed by atoms with van der Waals surface area (Å²) in [5, 5.41) is 12.4. The summed E-state index contributed by atoms with van der Waals surface area (Å²) in [6.45, 7) is 5.41. The van der Waals surface area contributed by atoms with Crippen molar-refractivity contribution in [2.24, 2.45) is 0 Å². The molecule has 1 unspecified atom stereocenters. The lowest BCUT2D eigenvalue weighted by atomic mass is 10.0. The van der Waals surface area contributed by atoms with Gasteiger partial charge in [0, 0.05) is 18.0 Å². The topological polar surface area (TPSA) is 58.6 Å². The molecule has 1 aliphatic rings. The third kappa shape index (κ3) is 4.07. The highest BCUT2D eigenvalue weighted by molar-refractivity contribution is 6.29. The Morgan fingerprint density at radius 2 is 2.30 bits per heavy atom. The van der Waals surface area contributed by atoms with E-state index in [1.165, 1.54) is 11.1 Å². The van der Waals surface area contributed by atoms with Crippen LogP contribution in [0.4, 0.5) is 0 Å². The molecule has 0 amide bonds. The molecule has 0 radical (unpaired) electrons. The lowest BCUT2D eigenvalue weighted by Gasteiger charge is -2.18. The Kier molecular flexibility index (Phi) is 5.17. The lowest BCUT2D eigenvalue weighted by Crippen LogP contribution is -2.36. The predicted octanol–water partition coefficient (Wildman–Crippen LogP) is 2.44. The number of carboxylic acid groups (broad SMARTS) is 1. The number of nitrogens with one attached hydrogen (secondary N) is 1. The molecular formula is C15H18ClNO3. The number of carboxylic acids is 1. The van der Waals surface area contributed by atoms with Crippen LogP contribution in [0, 0.1) is 0 Å². The van der Waals surface area contributed by atoms with Crippen LogP contribution in [0.25, 0.3) is 0 Å². The van der Waals surface area contributed by atoms with Gasteiger partial charge < -0.3 is 9.84 Å². The predicted molar refractivity (Wildman–Crippen MR) is 77.7 cm³/mol. The molecule has 0 aliphatic carbocycles. The van der Waals surface area contributed by atoms with Crippen LogP contribution in [0.15, 0.2) is 29.8 Å². The molecule has 0 saturated heterocycles. The average molecular weight is 296 g/mol. The molecule has 20 heavy (non-hydrogen) atoms. The van der Waals surface area contributed by atoms with E-state index in [0.717, 1.165) is 18.6 Å². The summed E-state index contributed by atoms with van der Waals surface area (Å²) in [4.78, 5) is 11.1. The standard InChI is InChI=1S/C15H18ClNO3/c1-10(16)6-14(15(18)19)17-8-11-2-3-12-4-5-20-9-13(12)7-11/h2-3,7,14,17H,1,4-6,8-9H2,(H,18,19). The number of halogens is 1. The Labute approximate surface area is 123 Å². The first-order valence-electron chi connectivity index (χ1n) is 6.54. The summed E-state index contributed by atoms with van der Waals surface area (Å²) < 4.78 is 5.42. The van der Waals surface area contributed by atoms with E-state index in [9.17, 15) is 4.79 Å². The van der Waals surface area contributed by atoms with E-state index in [-0.39, 0.29) is 6.42 Å². The van der Waals surface area contributed by atoms with Crippen molar-refractivity contribution in [3.05, 3.63) is 46.5 Å². The van der Waals surface area contributed by atoms with Crippen LogP contribution >= 0.6 is 11.6 Å². The maximum atomic E-state index is 11.1. The van der Waals surface area contributed by atoms with Gasteiger partial charge in [0.15, 0.2) is 0 Å². The Morgan fingerprint density at radius 3 is 3.00 bits per heavy atom. The van der Waals surface area contributed by atoms with E-state index in [1.54, 1.807) is 0 Å². The molecule has 0 spiro atoms. The molecule has 0 saturated carbocycles. The quantitative estimate of drug-likeness (QED) is 0.846. The maximum Gasteiger partial charge on any atom is 0.321 e. The minimum Gasteiger partial charge on any atom is -0.480 e. The number of hydrogen-bond acceptors (Lipinski definition) is 3. The lowest BCUT2D eigenvalue weighted by molar-refractivity contribution is -0.139. The molecular weight excluding hydrogens is 278 g/mol. The molecule has 1 atom stereocenters. The first-order valence-corrected chi connectivity index (χ1v) is 6.92. The van der Waals surface area contributed by atoms with Gasteiger partial charge in [0.05, 0.1) is 13.2 Å². The Balaban J connectivity index is 1.98. The first kappa shape index (κ1) is 15.0. The summed E-state index contributed by atoms with van der Waals surface area (Å²) in [5.41, 5.74) is 3.54. The van der Waals surface area contributed by atoms with Gasteiger partial charge >= 0.3 is 5.97 Å². The number of ether oxygens (including phenoxy) is 1. The van der Waals surface area contributed by atoms with Crippen molar-refractivity contribution >= 4 is 17.6 Å². The fourth-order valence-electron chi connectivity index (χ4n) is 2.24. The van der Waals surface area contributed by atoms with E-state index in [0.29, 0.717) is 18.2 Å². The van der Waals surface area contributed by atoms with Crippen LogP contribution in [0.2, 0.25) is 0 Å². The maximum absolute atomic E-state index is 11.1. The van der Waals surface area contributed by atoms with Crippen molar-refractivity contribution in [3.8, 4) is 0 Å². The van der Waals surface area contributed by atoms with Crippen molar-refractivity contribution in [1.29, 1.82) is 0 Å². The van der Waals surface area contributed by atoms with Gasteiger partial charge in [0.2, 0.25) is 0 Å². The molecule has 0 aromatic heterocycles. The summed E-state index contributed by atoms with van der Waals surface area (Å²) >= 11 is 5.68. The fourth-order valence-corrected chi connectivity index (χ4v) is 2.40. The van der Waals surface area contributed by atoms with Gasteiger partial charge in [0.25, 0.3) is 0 Å². The molecule has 0 fully saturated rings. The molecule has 1 aromatic carbocycles. The summed E-state index contributed by atoms with van der Waals surface area (Å²) in [6, 6.07) is 5.46. The second-order valence-corrected chi connectivity index (χ2v) is 5.43. The summed E-state index contributed by atoms with van der Waals surface area (Å²) in [5.74, 6) is -0.923. The molecule has 2 rings (SSSR count). The minimum atomic E-state index is -0.923. The molecule has 5 heteroatoms. The highest BCUT2D eigenvalue weighted by atomic mass is 35.5. The molecule has 0 bridgehead atoms. The van der Waals surface area contributed by atoms with Gasteiger partial charge in [0.1, 0.15) is 6.04 Å². The van der Waals surface area contributed by atoms with Crippen LogP contribution in [-0.4, -0.2) is 23.7 Å². The monoisotopic (exact) mass is 295 g/mol. The van der Waals surface area contributed by atoms with Gasteiger partial charge in [-0.3, -0.25) is 10.1 Å². The van der Waals surface area contributed by atoms with Crippen molar-refractivity contribution in [3.63, 3.8) is 0 Å². The molecule has 2 N–H and O–H groups in total. The number of aliphatic carboxylic acids is 1. The van der Waals surface area contributed by atoms with Crippen LogP contribution in [0.3, 0.4) is 0 Å². The highest BCUT2D eigenvalue weighted by Crippen LogP contribution is 2.18. The molecule has 1 heterocycles. The Morgan fingerprint density at radius 1 is 1.50 bits per heavy atom. The smallest absolute Gasteiger partial charge is 0.321 e. The highest BCUT2D eigenvalue weighted by Gasteiger charge is 2.17. The van der Waals surface area contributed by atoms with E-state index >= 15 is 0 Å². The number of rotatable bonds is 6. The number of benzene rings is 1. The van der Waals surface area contributed by atoms with Gasteiger partial charge in [-0.1, -0.05) is 36.4 Å². The zero-order valence-corrected chi connectivity index (χ0v) is 11.9. The summed E-state index contributed by atoms with van der Waals surface area (Å²) in [7, 11) is 0. The minimum absolute atomic E-state index is 0.213. The van der Waals surface area contributed by atoms with E-state index in [2.05, 4.69) is 24.0 Å². The molecule has 1 aromatic rings. The van der Waals surface area contributed by atoms with Gasteiger partial charge in [-0.15, -0.1) is 0 Å². The van der Waals surface area contributed by atoms with Crippen molar-refractivity contribution < 1.29 is 14.6 Å². The third-order valence-corrected chi connectivity index (χ3v) is 3.47.